The number of halogens is 2. The van der Waals surface area contributed by atoms with Gasteiger partial charge < -0.3 is 15.8 Å². The third-order valence-corrected chi connectivity index (χ3v) is 2.94. The molecule has 21 heavy (non-hydrogen) atoms. The Hall–Kier alpha value is -2.01. The highest BCUT2D eigenvalue weighted by Gasteiger charge is 2.07. The average Bonchev–Trinajstić information content (AvgIpc) is 2.43. The van der Waals surface area contributed by atoms with Gasteiger partial charge in [-0.3, -0.25) is 0 Å². The zero-order valence-corrected chi connectivity index (χ0v) is 12.6. The van der Waals surface area contributed by atoms with E-state index in [1.54, 1.807) is 18.2 Å². The van der Waals surface area contributed by atoms with Gasteiger partial charge in [0.1, 0.15) is 11.6 Å². The smallest absolute Gasteiger partial charge is 0.239 e. The van der Waals surface area contributed by atoms with Crippen LogP contribution in [0.1, 0.15) is 13.8 Å². The lowest BCUT2D eigenvalue weighted by Crippen LogP contribution is -2.08. The van der Waals surface area contributed by atoms with Crippen LogP contribution < -0.4 is 15.8 Å². The lowest BCUT2D eigenvalue weighted by molar-refractivity contribution is 0.263. The highest BCUT2D eigenvalue weighted by molar-refractivity contribution is 6.30. The Morgan fingerprint density at radius 1 is 1.33 bits per heavy atom. The number of ether oxygens (including phenoxy) is 1. The topological polar surface area (TPSA) is 60.2 Å². The molecule has 4 nitrogen and oxygen atoms in total. The Kier molecular flexibility index (Phi) is 4.85. The van der Waals surface area contributed by atoms with E-state index < -0.39 is 5.82 Å². The van der Waals surface area contributed by atoms with E-state index in [0.29, 0.717) is 35.6 Å². The van der Waals surface area contributed by atoms with Gasteiger partial charge in [0, 0.05) is 5.69 Å². The van der Waals surface area contributed by atoms with E-state index in [2.05, 4.69) is 10.3 Å². The number of aromatic nitrogens is 1. The van der Waals surface area contributed by atoms with Gasteiger partial charge in [0.2, 0.25) is 5.88 Å². The molecule has 112 valence electrons. The summed E-state index contributed by atoms with van der Waals surface area (Å²) in [5, 5.41) is 3.06. The molecule has 2 rings (SSSR count). The van der Waals surface area contributed by atoms with Crippen LogP contribution in [0.2, 0.25) is 5.02 Å². The molecule has 0 fully saturated rings. The first-order valence-corrected chi connectivity index (χ1v) is 6.95. The van der Waals surface area contributed by atoms with E-state index in [9.17, 15) is 4.39 Å². The van der Waals surface area contributed by atoms with Crippen LogP contribution in [0, 0.1) is 11.7 Å². The monoisotopic (exact) mass is 309 g/mol. The summed E-state index contributed by atoms with van der Waals surface area (Å²) in [6.45, 7) is 4.60. The summed E-state index contributed by atoms with van der Waals surface area (Å²) in [5.74, 6) is 0.759. The average molecular weight is 310 g/mol. The molecule has 0 atom stereocenters. The van der Waals surface area contributed by atoms with E-state index in [-0.39, 0.29) is 5.02 Å². The number of nitrogens with two attached hydrogens (primary N) is 1. The normalized spacial score (nSPS) is 10.7. The molecule has 6 heteroatoms. The summed E-state index contributed by atoms with van der Waals surface area (Å²) in [7, 11) is 0. The Balaban J connectivity index is 2.16. The lowest BCUT2D eigenvalue weighted by Gasteiger charge is -2.12. The second-order valence-corrected chi connectivity index (χ2v) is 5.46. The Morgan fingerprint density at radius 2 is 2.10 bits per heavy atom. The van der Waals surface area contributed by atoms with Gasteiger partial charge in [-0.15, -0.1) is 0 Å². The van der Waals surface area contributed by atoms with Crippen molar-refractivity contribution in [2.75, 3.05) is 17.7 Å². The molecule has 0 saturated heterocycles. The van der Waals surface area contributed by atoms with E-state index in [0.717, 1.165) is 0 Å². The SMILES string of the molecule is CC(C)COc1nc(Nc2ccc(Cl)c(F)c2)ccc1N. The van der Waals surface area contributed by atoms with Gasteiger partial charge >= 0.3 is 0 Å². The molecule has 1 aromatic carbocycles. The minimum absolute atomic E-state index is 0.0757. The number of anilines is 3. The number of nitrogens with zero attached hydrogens (tertiary/aromatic N) is 1. The molecule has 0 aliphatic carbocycles. The quantitative estimate of drug-likeness (QED) is 0.867. The molecule has 0 amide bonds. The van der Waals surface area contributed by atoms with Crippen molar-refractivity contribution in [3.05, 3.63) is 41.2 Å². The molecule has 1 aromatic heterocycles. The van der Waals surface area contributed by atoms with Crippen molar-refractivity contribution in [3.8, 4) is 5.88 Å². The van der Waals surface area contributed by atoms with Crippen molar-refractivity contribution in [1.29, 1.82) is 0 Å². The highest BCUT2D eigenvalue weighted by Crippen LogP contribution is 2.25. The maximum Gasteiger partial charge on any atom is 0.239 e. The van der Waals surface area contributed by atoms with Gasteiger partial charge in [0.05, 0.1) is 17.3 Å². The predicted molar refractivity (Wildman–Crippen MR) is 83.7 cm³/mol. The van der Waals surface area contributed by atoms with Crippen LogP contribution in [0.5, 0.6) is 5.88 Å². The molecule has 0 unspecified atom stereocenters. The van der Waals surface area contributed by atoms with Crippen LogP contribution in [0.3, 0.4) is 0 Å². The second kappa shape index (κ2) is 6.63. The Labute approximate surface area is 128 Å². The fraction of sp³-hybridized carbons (Fsp3) is 0.267. The number of nitrogen functional groups attached to an aromatic ring is 1. The van der Waals surface area contributed by atoms with Gasteiger partial charge in [-0.2, -0.15) is 4.98 Å². The summed E-state index contributed by atoms with van der Waals surface area (Å²) >= 11 is 5.65. The van der Waals surface area contributed by atoms with Crippen LogP contribution >= 0.6 is 11.6 Å². The van der Waals surface area contributed by atoms with Gasteiger partial charge in [-0.05, 0) is 36.2 Å². The Morgan fingerprint density at radius 3 is 2.76 bits per heavy atom. The molecule has 0 aliphatic heterocycles. The Bertz CT molecular complexity index is 634. The minimum atomic E-state index is -0.492. The number of hydrogen-bond donors (Lipinski definition) is 2. The van der Waals surface area contributed by atoms with Crippen LogP contribution in [0.25, 0.3) is 0 Å². The standard InChI is InChI=1S/C15H17ClFN3O/c1-9(2)8-21-15-13(18)5-6-14(20-15)19-10-3-4-11(16)12(17)7-10/h3-7,9H,8,18H2,1-2H3,(H,19,20). The van der Waals surface area contributed by atoms with E-state index in [4.69, 9.17) is 22.1 Å². The molecule has 0 radical (unpaired) electrons. The third-order valence-electron chi connectivity index (χ3n) is 2.64. The number of benzene rings is 1. The van der Waals surface area contributed by atoms with Gasteiger partial charge in [-0.25, -0.2) is 4.39 Å². The summed E-state index contributed by atoms with van der Waals surface area (Å²) in [6.07, 6.45) is 0. The van der Waals surface area contributed by atoms with Crippen molar-refractivity contribution >= 4 is 28.8 Å². The summed E-state index contributed by atoms with van der Waals surface area (Å²) in [4.78, 5) is 4.28. The maximum atomic E-state index is 13.4. The molecule has 0 aliphatic rings. The zero-order valence-electron chi connectivity index (χ0n) is 11.9. The highest BCUT2D eigenvalue weighted by atomic mass is 35.5. The van der Waals surface area contributed by atoms with Gasteiger partial charge in [0.25, 0.3) is 0 Å². The molecule has 0 saturated carbocycles. The molecule has 0 spiro atoms. The zero-order chi connectivity index (χ0) is 15.4. The minimum Gasteiger partial charge on any atom is -0.476 e. The van der Waals surface area contributed by atoms with Crippen molar-refractivity contribution in [1.82, 2.24) is 4.98 Å². The van der Waals surface area contributed by atoms with Gasteiger partial charge in [0.15, 0.2) is 0 Å². The maximum absolute atomic E-state index is 13.4. The van der Waals surface area contributed by atoms with Crippen LogP contribution in [-0.4, -0.2) is 11.6 Å². The number of pyridine rings is 1. The van der Waals surface area contributed by atoms with Crippen LogP contribution in [0.15, 0.2) is 30.3 Å². The van der Waals surface area contributed by atoms with Gasteiger partial charge in [-0.1, -0.05) is 25.4 Å². The van der Waals surface area contributed by atoms with Crippen LogP contribution in [-0.2, 0) is 0 Å². The lowest BCUT2D eigenvalue weighted by atomic mass is 10.2. The fourth-order valence-electron chi connectivity index (χ4n) is 1.60. The molecule has 2 aromatic rings. The predicted octanol–water partition coefficient (Wildman–Crippen LogP) is 4.23. The van der Waals surface area contributed by atoms with Crippen molar-refractivity contribution in [2.45, 2.75) is 13.8 Å². The molecule has 1 heterocycles. The molecular weight excluding hydrogens is 293 g/mol. The fourth-order valence-corrected chi connectivity index (χ4v) is 1.72. The van der Waals surface area contributed by atoms with E-state index >= 15 is 0 Å². The first-order valence-electron chi connectivity index (χ1n) is 6.57. The summed E-state index contributed by atoms with van der Waals surface area (Å²) < 4.78 is 18.9. The summed E-state index contributed by atoms with van der Waals surface area (Å²) in [5.41, 5.74) is 6.83. The first-order chi connectivity index (χ1) is 9.95. The number of hydrogen-bond acceptors (Lipinski definition) is 4. The number of nitrogens with one attached hydrogen (secondary N) is 1. The molecule has 0 bridgehead atoms. The number of rotatable bonds is 5. The van der Waals surface area contributed by atoms with Crippen molar-refractivity contribution < 1.29 is 9.13 Å². The van der Waals surface area contributed by atoms with Crippen molar-refractivity contribution in [2.24, 2.45) is 5.92 Å². The van der Waals surface area contributed by atoms with E-state index in [1.165, 1.54) is 12.1 Å². The largest absolute Gasteiger partial charge is 0.476 e. The summed E-state index contributed by atoms with van der Waals surface area (Å²) in [6, 6.07) is 7.83. The second-order valence-electron chi connectivity index (χ2n) is 5.05. The molecular formula is C15H17ClFN3O. The third kappa shape index (κ3) is 4.23. The van der Waals surface area contributed by atoms with Crippen molar-refractivity contribution in [3.63, 3.8) is 0 Å². The van der Waals surface area contributed by atoms with E-state index in [1.807, 2.05) is 13.8 Å². The van der Waals surface area contributed by atoms with Crippen LogP contribution in [0.4, 0.5) is 21.6 Å². The first kappa shape index (κ1) is 15.4. The molecule has 3 N–H and O–H groups in total.